The third-order valence-electron chi connectivity index (χ3n) is 4.44. The van der Waals surface area contributed by atoms with Crippen molar-refractivity contribution in [2.45, 2.75) is 57.3 Å². The van der Waals surface area contributed by atoms with Gasteiger partial charge in [-0.3, -0.25) is 0 Å². The molecule has 1 saturated heterocycles. The van der Waals surface area contributed by atoms with Gasteiger partial charge in [-0.2, -0.15) is 0 Å². The number of aryl methyl sites for hydroxylation is 1. The fraction of sp³-hybridized carbons (Fsp3) is 0.625. The second kappa shape index (κ2) is 5.14. The van der Waals surface area contributed by atoms with Gasteiger partial charge in [0, 0.05) is 24.9 Å². The van der Waals surface area contributed by atoms with Crippen LogP contribution in [0.5, 0.6) is 5.75 Å². The van der Waals surface area contributed by atoms with Crippen LogP contribution < -0.4 is 10.5 Å². The number of hydrogen-bond acceptors (Lipinski definition) is 3. The van der Waals surface area contributed by atoms with E-state index in [1.165, 1.54) is 24.8 Å². The van der Waals surface area contributed by atoms with Gasteiger partial charge in [0.05, 0.1) is 12.2 Å². The lowest BCUT2D eigenvalue weighted by Gasteiger charge is -2.47. The van der Waals surface area contributed by atoms with Crippen molar-refractivity contribution in [2.24, 2.45) is 5.73 Å². The summed E-state index contributed by atoms with van der Waals surface area (Å²) in [5.41, 5.74) is 8.28. The van der Waals surface area contributed by atoms with E-state index in [1.54, 1.807) is 0 Å². The predicted octanol–water partition coefficient (Wildman–Crippen LogP) is 2.93. The third-order valence-corrected chi connectivity index (χ3v) is 4.44. The molecular weight excluding hydrogens is 238 g/mol. The van der Waals surface area contributed by atoms with Gasteiger partial charge in [-0.15, -0.1) is 0 Å². The Morgan fingerprint density at radius 3 is 2.95 bits per heavy atom. The summed E-state index contributed by atoms with van der Waals surface area (Å²) >= 11 is 0. The van der Waals surface area contributed by atoms with Crippen LogP contribution in [0.4, 0.5) is 0 Å². The van der Waals surface area contributed by atoms with Gasteiger partial charge in [0.1, 0.15) is 11.9 Å². The predicted molar refractivity (Wildman–Crippen MR) is 75.3 cm³/mol. The quantitative estimate of drug-likeness (QED) is 0.910. The Balaban J connectivity index is 1.70. The Bertz CT molecular complexity index is 454. The fourth-order valence-electron chi connectivity index (χ4n) is 3.17. The zero-order valence-corrected chi connectivity index (χ0v) is 11.7. The van der Waals surface area contributed by atoms with E-state index in [0.29, 0.717) is 6.54 Å². The lowest BCUT2D eigenvalue weighted by atomic mass is 9.74. The first-order valence-electron chi connectivity index (χ1n) is 7.31. The van der Waals surface area contributed by atoms with E-state index in [2.05, 4.69) is 25.1 Å². The molecule has 1 aliphatic carbocycles. The third kappa shape index (κ3) is 2.63. The Morgan fingerprint density at radius 2 is 2.26 bits per heavy atom. The van der Waals surface area contributed by atoms with Crippen LogP contribution >= 0.6 is 0 Å². The molecule has 19 heavy (non-hydrogen) atoms. The van der Waals surface area contributed by atoms with Gasteiger partial charge in [-0.1, -0.05) is 17.7 Å². The zero-order chi connectivity index (χ0) is 13.3. The van der Waals surface area contributed by atoms with Crippen LogP contribution in [0.15, 0.2) is 18.2 Å². The molecule has 3 rings (SSSR count). The van der Waals surface area contributed by atoms with E-state index in [4.69, 9.17) is 15.2 Å². The minimum atomic E-state index is 0.135. The smallest absolute Gasteiger partial charge is 0.124 e. The summed E-state index contributed by atoms with van der Waals surface area (Å²) in [6.45, 7) is 3.45. The zero-order valence-electron chi connectivity index (χ0n) is 11.7. The van der Waals surface area contributed by atoms with Crippen LogP contribution in [0.1, 0.15) is 43.2 Å². The molecule has 3 heteroatoms. The van der Waals surface area contributed by atoms with Crippen molar-refractivity contribution < 1.29 is 9.47 Å². The van der Waals surface area contributed by atoms with Gasteiger partial charge in [0.15, 0.2) is 0 Å². The molecule has 1 unspecified atom stereocenters. The Kier molecular flexibility index (Phi) is 3.50. The number of rotatable bonds is 3. The Labute approximate surface area is 115 Å². The molecule has 2 aliphatic rings. The minimum Gasteiger partial charge on any atom is -0.490 e. The van der Waals surface area contributed by atoms with E-state index in [9.17, 15) is 0 Å². The van der Waals surface area contributed by atoms with Gasteiger partial charge < -0.3 is 15.2 Å². The highest BCUT2D eigenvalue weighted by molar-refractivity contribution is 5.37. The molecule has 1 aliphatic heterocycles. The Hall–Kier alpha value is -1.06. The van der Waals surface area contributed by atoms with Crippen molar-refractivity contribution in [1.82, 2.24) is 0 Å². The normalized spacial score (nSPS) is 25.1. The molecule has 104 valence electrons. The molecule has 3 nitrogen and oxygen atoms in total. The summed E-state index contributed by atoms with van der Waals surface area (Å²) in [5, 5.41) is 0. The first-order chi connectivity index (χ1) is 9.21. The Morgan fingerprint density at radius 1 is 1.42 bits per heavy atom. The molecule has 0 radical (unpaired) electrons. The summed E-state index contributed by atoms with van der Waals surface area (Å²) in [5.74, 6) is 0.953. The second-order valence-electron chi connectivity index (χ2n) is 5.93. The highest BCUT2D eigenvalue weighted by Crippen LogP contribution is 2.43. The minimum absolute atomic E-state index is 0.135. The summed E-state index contributed by atoms with van der Waals surface area (Å²) in [7, 11) is 0. The van der Waals surface area contributed by atoms with E-state index < -0.39 is 0 Å². The van der Waals surface area contributed by atoms with Crippen molar-refractivity contribution in [3.63, 3.8) is 0 Å². The topological polar surface area (TPSA) is 44.5 Å². The van der Waals surface area contributed by atoms with Gasteiger partial charge in [0.25, 0.3) is 0 Å². The van der Waals surface area contributed by atoms with Crippen molar-refractivity contribution in [3.05, 3.63) is 29.3 Å². The highest BCUT2D eigenvalue weighted by Gasteiger charge is 2.43. The van der Waals surface area contributed by atoms with E-state index in [-0.39, 0.29) is 11.7 Å². The van der Waals surface area contributed by atoms with Crippen LogP contribution in [-0.2, 0) is 11.3 Å². The van der Waals surface area contributed by atoms with E-state index >= 15 is 0 Å². The van der Waals surface area contributed by atoms with Crippen molar-refractivity contribution in [1.29, 1.82) is 0 Å². The molecule has 1 spiro atoms. The summed E-state index contributed by atoms with van der Waals surface area (Å²) in [6.07, 6.45) is 5.99. The van der Waals surface area contributed by atoms with Crippen LogP contribution in [0, 0.1) is 6.92 Å². The molecule has 2 N–H and O–H groups in total. The average molecular weight is 261 g/mol. The van der Waals surface area contributed by atoms with Crippen LogP contribution in [-0.4, -0.2) is 18.3 Å². The maximum absolute atomic E-state index is 6.20. The average Bonchev–Trinajstić information content (AvgIpc) is 2.39. The number of benzene rings is 1. The molecule has 2 fully saturated rings. The van der Waals surface area contributed by atoms with Gasteiger partial charge in [-0.05, 0) is 32.3 Å². The summed E-state index contributed by atoms with van der Waals surface area (Å²) in [6, 6.07) is 6.27. The van der Waals surface area contributed by atoms with Crippen molar-refractivity contribution in [2.75, 3.05) is 6.61 Å². The molecule has 0 aromatic heterocycles. The molecule has 0 amide bonds. The summed E-state index contributed by atoms with van der Waals surface area (Å²) < 4.78 is 12.1. The summed E-state index contributed by atoms with van der Waals surface area (Å²) in [4.78, 5) is 0. The van der Waals surface area contributed by atoms with Gasteiger partial charge in [-0.25, -0.2) is 0 Å². The first-order valence-corrected chi connectivity index (χ1v) is 7.31. The molecule has 1 atom stereocenters. The molecular formula is C16H23NO2. The van der Waals surface area contributed by atoms with E-state index in [1.807, 2.05) is 0 Å². The lowest BCUT2D eigenvalue weighted by Crippen LogP contribution is -2.48. The molecule has 1 aromatic carbocycles. The van der Waals surface area contributed by atoms with Gasteiger partial charge >= 0.3 is 0 Å². The standard InChI is InChI=1S/C16H23NO2/c1-12-3-4-15(13(9-12)11-17)19-14-5-8-18-16(10-14)6-2-7-16/h3-4,9,14H,2,5-8,10-11,17H2,1H3. The number of nitrogens with two attached hydrogens (primary N) is 1. The number of ether oxygens (including phenoxy) is 2. The molecule has 1 aromatic rings. The largest absolute Gasteiger partial charge is 0.490 e. The SMILES string of the molecule is Cc1ccc(OC2CCOC3(CCC3)C2)c(CN)c1. The molecule has 1 heterocycles. The second-order valence-corrected chi connectivity index (χ2v) is 5.93. The van der Waals surface area contributed by atoms with Crippen LogP contribution in [0.2, 0.25) is 0 Å². The highest BCUT2D eigenvalue weighted by atomic mass is 16.5. The van der Waals surface area contributed by atoms with Crippen LogP contribution in [0.25, 0.3) is 0 Å². The van der Waals surface area contributed by atoms with Crippen LogP contribution in [0.3, 0.4) is 0 Å². The monoisotopic (exact) mass is 261 g/mol. The van der Waals surface area contributed by atoms with Gasteiger partial charge in [0.2, 0.25) is 0 Å². The number of hydrogen-bond donors (Lipinski definition) is 1. The maximum atomic E-state index is 6.20. The van der Waals surface area contributed by atoms with Crippen molar-refractivity contribution >= 4 is 0 Å². The van der Waals surface area contributed by atoms with Crippen molar-refractivity contribution in [3.8, 4) is 5.75 Å². The fourth-order valence-corrected chi connectivity index (χ4v) is 3.17. The van der Waals surface area contributed by atoms with E-state index in [0.717, 1.165) is 30.8 Å². The molecule has 1 saturated carbocycles. The molecule has 0 bridgehead atoms. The lowest BCUT2D eigenvalue weighted by molar-refractivity contribution is -0.153. The first kappa shape index (κ1) is 12.9. The maximum Gasteiger partial charge on any atom is 0.124 e.